The topological polar surface area (TPSA) is 105 Å². The number of hydrogen-bond acceptors (Lipinski definition) is 5. The van der Waals surface area contributed by atoms with Crippen molar-refractivity contribution in [2.75, 3.05) is 0 Å². The van der Waals surface area contributed by atoms with Gasteiger partial charge in [-0.25, -0.2) is 0 Å². The van der Waals surface area contributed by atoms with Crippen molar-refractivity contribution in [2.24, 2.45) is 5.73 Å². The molecular weight excluding hydrogens is 272 g/mol. The summed E-state index contributed by atoms with van der Waals surface area (Å²) < 4.78 is 5.70. The normalized spacial score (nSPS) is 28.5. The van der Waals surface area contributed by atoms with Crippen molar-refractivity contribution in [3.63, 3.8) is 0 Å². The number of nitrogens with two attached hydrogens (primary N) is 1. The Morgan fingerprint density at radius 3 is 2.81 bits per heavy atom. The second kappa shape index (κ2) is 5.54. The zero-order chi connectivity index (χ0) is 15.0. The molecule has 6 heteroatoms. The van der Waals surface area contributed by atoms with Crippen LogP contribution in [0.5, 0.6) is 11.5 Å². The van der Waals surface area contributed by atoms with Gasteiger partial charge in [0.05, 0.1) is 24.3 Å². The first kappa shape index (κ1) is 14.2. The summed E-state index contributed by atoms with van der Waals surface area (Å²) >= 11 is 0. The van der Waals surface area contributed by atoms with E-state index < -0.39 is 6.04 Å². The average Bonchev–Trinajstić information content (AvgIpc) is 3.05. The van der Waals surface area contributed by atoms with E-state index in [0.717, 1.165) is 19.3 Å². The van der Waals surface area contributed by atoms with Gasteiger partial charge >= 0.3 is 0 Å². The van der Waals surface area contributed by atoms with Gasteiger partial charge in [0, 0.05) is 0 Å². The second-order valence-electron chi connectivity index (χ2n) is 5.86. The van der Waals surface area contributed by atoms with E-state index in [0.29, 0.717) is 12.0 Å². The van der Waals surface area contributed by atoms with Crippen LogP contribution >= 0.6 is 0 Å². The molecule has 114 valence electrons. The molecule has 2 saturated heterocycles. The number of carbonyl (C=O) groups excluding carboxylic acids is 1. The largest absolute Gasteiger partial charge is 0.504 e. The maximum absolute atomic E-state index is 12.1. The number of rotatable bonds is 4. The Bertz CT molecular complexity index is 548. The Balaban J connectivity index is 1.56. The molecule has 3 unspecified atom stereocenters. The van der Waals surface area contributed by atoms with E-state index in [9.17, 15) is 15.0 Å². The highest BCUT2D eigenvalue weighted by atomic mass is 16.5. The standard InChI is InChI=1S/C15H20N2O4/c16-10(5-8-1-3-12(18)13(19)6-8)15(20)17-11-7-9-2-4-14(11)21-9/h1,3,6,9-11,14,18-19H,2,4-5,7,16H2,(H,17,20)/t9?,10-,11?,14?/m0/s1. The van der Waals surface area contributed by atoms with Gasteiger partial charge in [0.15, 0.2) is 11.5 Å². The van der Waals surface area contributed by atoms with Gasteiger partial charge in [0.1, 0.15) is 0 Å². The van der Waals surface area contributed by atoms with Crippen molar-refractivity contribution < 1.29 is 19.7 Å². The summed E-state index contributed by atoms with van der Waals surface area (Å²) in [7, 11) is 0. The number of phenolic OH excluding ortho intramolecular Hbond substituents is 2. The van der Waals surface area contributed by atoms with E-state index >= 15 is 0 Å². The number of hydrogen-bond donors (Lipinski definition) is 4. The highest BCUT2D eigenvalue weighted by Gasteiger charge is 2.41. The summed E-state index contributed by atoms with van der Waals surface area (Å²) in [6, 6.07) is 3.83. The number of phenols is 2. The summed E-state index contributed by atoms with van der Waals surface area (Å²) in [6.07, 6.45) is 3.66. The number of fused-ring (bicyclic) bond motifs is 2. The molecule has 0 aromatic heterocycles. The Kier molecular flexibility index (Phi) is 3.73. The van der Waals surface area contributed by atoms with Gasteiger partial charge in [0.25, 0.3) is 0 Å². The fourth-order valence-corrected chi connectivity index (χ4v) is 3.12. The van der Waals surface area contributed by atoms with Gasteiger partial charge in [-0.2, -0.15) is 0 Å². The third-order valence-electron chi connectivity index (χ3n) is 4.27. The first-order valence-corrected chi connectivity index (χ1v) is 7.25. The number of nitrogens with one attached hydrogen (secondary N) is 1. The first-order chi connectivity index (χ1) is 10.0. The van der Waals surface area contributed by atoms with E-state index in [1.165, 1.54) is 12.1 Å². The number of benzene rings is 1. The van der Waals surface area contributed by atoms with Crippen LogP contribution in [0.2, 0.25) is 0 Å². The minimum Gasteiger partial charge on any atom is -0.504 e. The van der Waals surface area contributed by atoms with Crippen LogP contribution in [0, 0.1) is 0 Å². The fourth-order valence-electron chi connectivity index (χ4n) is 3.12. The number of carbonyl (C=O) groups is 1. The van der Waals surface area contributed by atoms with Crippen LogP contribution in [-0.2, 0) is 16.0 Å². The monoisotopic (exact) mass is 292 g/mol. The third-order valence-corrected chi connectivity index (χ3v) is 4.27. The van der Waals surface area contributed by atoms with Gasteiger partial charge in [-0.3, -0.25) is 4.79 Å². The van der Waals surface area contributed by atoms with Crippen LogP contribution in [0.25, 0.3) is 0 Å². The molecule has 2 aliphatic heterocycles. The van der Waals surface area contributed by atoms with E-state index in [1.807, 2.05) is 0 Å². The molecule has 2 heterocycles. The summed E-state index contributed by atoms with van der Waals surface area (Å²) in [5.41, 5.74) is 6.62. The summed E-state index contributed by atoms with van der Waals surface area (Å²) in [5.74, 6) is -0.596. The molecule has 0 aliphatic carbocycles. The zero-order valence-corrected chi connectivity index (χ0v) is 11.7. The second-order valence-corrected chi connectivity index (χ2v) is 5.86. The van der Waals surface area contributed by atoms with Gasteiger partial charge in [-0.05, 0) is 43.4 Å². The van der Waals surface area contributed by atoms with Gasteiger partial charge in [-0.15, -0.1) is 0 Å². The number of aromatic hydroxyl groups is 2. The first-order valence-electron chi connectivity index (χ1n) is 7.25. The minimum atomic E-state index is -0.687. The smallest absolute Gasteiger partial charge is 0.237 e. The molecule has 2 aliphatic rings. The molecular formula is C15H20N2O4. The lowest BCUT2D eigenvalue weighted by Gasteiger charge is -2.22. The van der Waals surface area contributed by atoms with Gasteiger partial charge in [0.2, 0.25) is 5.91 Å². The molecule has 1 amide bonds. The highest BCUT2D eigenvalue weighted by Crippen LogP contribution is 2.34. The van der Waals surface area contributed by atoms with Crippen LogP contribution in [-0.4, -0.2) is 40.4 Å². The highest BCUT2D eigenvalue weighted by molar-refractivity contribution is 5.82. The molecule has 2 fully saturated rings. The summed E-state index contributed by atoms with van der Waals surface area (Å²) in [6.45, 7) is 0. The van der Waals surface area contributed by atoms with Gasteiger partial charge in [-0.1, -0.05) is 6.07 Å². The molecule has 1 aromatic carbocycles. The quantitative estimate of drug-likeness (QED) is 0.601. The van der Waals surface area contributed by atoms with Crippen molar-refractivity contribution >= 4 is 5.91 Å². The van der Waals surface area contributed by atoms with Crippen molar-refractivity contribution in [1.29, 1.82) is 0 Å². The predicted molar refractivity (Wildman–Crippen MR) is 75.9 cm³/mol. The Morgan fingerprint density at radius 1 is 1.38 bits per heavy atom. The average molecular weight is 292 g/mol. The molecule has 4 atom stereocenters. The van der Waals surface area contributed by atoms with Crippen molar-refractivity contribution in [1.82, 2.24) is 5.32 Å². The Morgan fingerprint density at radius 2 is 2.19 bits per heavy atom. The van der Waals surface area contributed by atoms with E-state index in [1.54, 1.807) is 6.07 Å². The van der Waals surface area contributed by atoms with Crippen LogP contribution in [0.4, 0.5) is 0 Å². The fraction of sp³-hybridized carbons (Fsp3) is 0.533. The minimum absolute atomic E-state index is 0.0653. The molecule has 21 heavy (non-hydrogen) atoms. The lowest BCUT2D eigenvalue weighted by molar-refractivity contribution is -0.123. The number of amides is 1. The molecule has 3 rings (SSSR count). The zero-order valence-electron chi connectivity index (χ0n) is 11.7. The lowest BCUT2D eigenvalue weighted by atomic mass is 9.95. The van der Waals surface area contributed by atoms with Crippen molar-refractivity contribution in [3.05, 3.63) is 23.8 Å². The van der Waals surface area contributed by atoms with Crippen LogP contribution in [0.1, 0.15) is 24.8 Å². The molecule has 0 saturated carbocycles. The summed E-state index contributed by atoms with van der Waals surface area (Å²) in [5, 5.41) is 21.7. The van der Waals surface area contributed by atoms with Crippen LogP contribution in [0.3, 0.4) is 0 Å². The van der Waals surface area contributed by atoms with Crippen LogP contribution < -0.4 is 11.1 Å². The molecule has 2 bridgehead atoms. The Labute approximate surface area is 122 Å². The SMILES string of the molecule is N[C@@H](Cc1ccc(O)c(O)c1)C(=O)NC1CC2CCC1O2. The maximum atomic E-state index is 12.1. The van der Waals surface area contributed by atoms with Crippen molar-refractivity contribution in [2.45, 2.75) is 50.0 Å². The van der Waals surface area contributed by atoms with Crippen LogP contribution in [0.15, 0.2) is 18.2 Å². The number of ether oxygens (including phenoxy) is 1. The molecule has 6 nitrogen and oxygen atoms in total. The summed E-state index contributed by atoms with van der Waals surface area (Å²) in [4.78, 5) is 12.1. The van der Waals surface area contributed by atoms with E-state index in [4.69, 9.17) is 10.5 Å². The molecule has 1 aromatic rings. The Hall–Kier alpha value is -1.79. The molecule has 5 N–H and O–H groups in total. The van der Waals surface area contributed by atoms with Crippen molar-refractivity contribution in [3.8, 4) is 11.5 Å². The lowest BCUT2D eigenvalue weighted by Crippen LogP contribution is -2.49. The predicted octanol–water partition coefficient (Wildman–Crippen LogP) is 0.404. The molecule has 0 spiro atoms. The maximum Gasteiger partial charge on any atom is 0.237 e. The third kappa shape index (κ3) is 2.96. The van der Waals surface area contributed by atoms with E-state index in [-0.39, 0.29) is 35.7 Å². The van der Waals surface area contributed by atoms with E-state index in [2.05, 4.69) is 5.32 Å². The molecule has 0 radical (unpaired) electrons. The van der Waals surface area contributed by atoms with Gasteiger partial charge < -0.3 is 26.0 Å².